The summed E-state index contributed by atoms with van der Waals surface area (Å²) in [7, 11) is -1.26. The van der Waals surface area contributed by atoms with Gasteiger partial charge < -0.3 is 0 Å². The molecule has 0 aliphatic rings. The van der Waals surface area contributed by atoms with Crippen molar-refractivity contribution >= 4 is 25.0 Å². The van der Waals surface area contributed by atoms with Crippen molar-refractivity contribution in [3.8, 4) is 0 Å². The van der Waals surface area contributed by atoms with Crippen LogP contribution in [-0.2, 0) is 0 Å². The summed E-state index contributed by atoms with van der Waals surface area (Å²) in [4.78, 5) is 2.71. The maximum atomic E-state index is 2.45. The molecule has 0 amide bonds. The molecule has 0 nitrogen and oxygen atoms in total. The van der Waals surface area contributed by atoms with Gasteiger partial charge in [0.1, 0.15) is 0 Å². The van der Waals surface area contributed by atoms with E-state index in [1.54, 1.807) is 5.19 Å². The molecule has 0 saturated carbocycles. The molecule has 0 N–H and O–H groups in total. The van der Waals surface area contributed by atoms with Crippen molar-refractivity contribution < 1.29 is 0 Å². The van der Waals surface area contributed by atoms with Gasteiger partial charge in [-0.3, -0.25) is 0 Å². The molecule has 0 saturated heterocycles. The summed E-state index contributed by atoms with van der Waals surface area (Å²) in [6, 6.07) is 22.2. The van der Waals surface area contributed by atoms with Crippen LogP contribution in [0.4, 0.5) is 0 Å². The van der Waals surface area contributed by atoms with Crippen molar-refractivity contribution in [2.24, 2.45) is 0 Å². The monoisotopic (exact) mass is 314 g/mol. The summed E-state index contributed by atoms with van der Waals surface area (Å²) in [6.45, 7) is 9.26. The van der Waals surface area contributed by atoms with Gasteiger partial charge in [-0.1, -0.05) is 85.7 Å². The van der Waals surface area contributed by atoms with Gasteiger partial charge in [0.2, 0.25) is 0 Å². The van der Waals surface area contributed by atoms with Gasteiger partial charge in [0.05, 0.1) is 8.07 Å². The van der Waals surface area contributed by atoms with E-state index in [1.165, 1.54) is 33.5 Å². The molecule has 0 unspecified atom stereocenters. The zero-order chi connectivity index (χ0) is 15.3. The summed E-state index contributed by atoms with van der Waals surface area (Å²) in [5.74, 6) is 0. The topological polar surface area (TPSA) is 0 Å². The number of hydrogen-bond acceptors (Lipinski definition) is 1. The Balaban J connectivity index is 2.27. The molecule has 0 aliphatic heterocycles. The van der Waals surface area contributed by atoms with Crippen LogP contribution >= 0.6 is 11.8 Å². The van der Waals surface area contributed by atoms with E-state index < -0.39 is 8.07 Å². The van der Waals surface area contributed by atoms with Gasteiger partial charge in [0.15, 0.2) is 0 Å². The van der Waals surface area contributed by atoms with E-state index in [0.717, 1.165) is 0 Å². The van der Waals surface area contributed by atoms with Gasteiger partial charge in [-0.2, -0.15) is 0 Å². The molecule has 0 spiro atoms. The highest BCUT2D eigenvalue weighted by Gasteiger charge is 2.28. The molecule has 112 valence electrons. The Morgan fingerprint density at radius 3 is 2.00 bits per heavy atom. The van der Waals surface area contributed by atoms with Crippen molar-refractivity contribution in [3.05, 3.63) is 54.1 Å². The quantitative estimate of drug-likeness (QED) is 0.602. The normalized spacial score (nSPS) is 11.6. The van der Waals surface area contributed by atoms with Gasteiger partial charge >= 0.3 is 0 Å². The zero-order valence-electron chi connectivity index (χ0n) is 13.6. The van der Waals surface area contributed by atoms with Gasteiger partial charge in [0, 0.05) is 9.79 Å². The third-order valence-corrected chi connectivity index (χ3v) is 11.3. The molecule has 0 radical (unpaired) electrons. The van der Waals surface area contributed by atoms with Gasteiger partial charge in [0.25, 0.3) is 0 Å². The summed E-state index contributed by atoms with van der Waals surface area (Å²) in [5, 5.41) is 1.63. The zero-order valence-corrected chi connectivity index (χ0v) is 15.5. The Kier molecular flexibility index (Phi) is 5.71. The Labute approximate surface area is 135 Å². The molecular weight excluding hydrogens is 288 g/mol. The van der Waals surface area contributed by atoms with Crippen molar-refractivity contribution in [2.45, 2.75) is 55.6 Å². The van der Waals surface area contributed by atoms with Crippen LogP contribution in [0.25, 0.3) is 0 Å². The van der Waals surface area contributed by atoms with Crippen LogP contribution in [0.1, 0.15) is 26.3 Å². The fourth-order valence-corrected chi connectivity index (χ4v) is 7.61. The second-order valence-electron chi connectivity index (χ2n) is 5.78. The maximum absolute atomic E-state index is 2.45. The molecule has 0 atom stereocenters. The number of benzene rings is 2. The average Bonchev–Trinajstić information content (AvgIpc) is 2.52. The van der Waals surface area contributed by atoms with Crippen molar-refractivity contribution in [2.75, 3.05) is 0 Å². The Morgan fingerprint density at radius 2 is 1.43 bits per heavy atom. The molecule has 2 aromatic carbocycles. The lowest BCUT2D eigenvalue weighted by atomic mass is 10.2. The first-order chi connectivity index (χ1) is 10.1. The van der Waals surface area contributed by atoms with Crippen molar-refractivity contribution in [3.63, 3.8) is 0 Å². The number of aryl methyl sites for hydroxylation is 1. The predicted molar refractivity (Wildman–Crippen MR) is 98.6 cm³/mol. The van der Waals surface area contributed by atoms with Crippen LogP contribution in [0.2, 0.25) is 18.1 Å². The summed E-state index contributed by atoms with van der Waals surface area (Å²) in [6.07, 6.45) is 0. The number of rotatable bonds is 6. The fraction of sp³-hybridized carbons (Fsp3) is 0.368. The fourth-order valence-electron chi connectivity index (χ4n) is 2.99. The molecular formula is C19H26SSi. The molecule has 0 aliphatic carbocycles. The van der Waals surface area contributed by atoms with Crippen LogP contribution < -0.4 is 5.19 Å². The van der Waals surface area contributed by atoms with E-state index >= 15 is 0 Å². The van der Waals surface area contributed by atoms with Gasteiger partial charge in [-0.05, 0) is 31.2 Å². The lowest BCUT2D eigenvalue weighted by Crippen LogP contribution is -2.45. The first-order valence-corrected chi connectivity index (χ1v) is 11.4. The summed E-state index contributed by atoms with van der Waals surface area (Å²) in [5.41, 5.74) is 1.32. The molecule has 0 bridgehead atoms. The smallest absolute Gasteiger partial charge is 0.0859 e. The Bertz CT molecular complexity index is 562. The van der Waals surface area contributed by atoms with E-state index in [-0.39, 0.29) is 0 Å². The predicted octanol–water partition coefficient (Wildman–Crippen LogP) is 5.86. The van der Waals surface area contributed by atoms with E-state index in [4.69, 9.17) is 0 Å². The van der Waals surface area contributed by atoms with E-state index in [0.29, 0.717) is 0 Å². The van der Waals surface area contributed by atoms with Crippen molar-refractivity contribution in [1.29, 1.82) is 0 Å². The average molecular weight is 315 g/mol. The Hall–Kier alpha value is -0.993. The van der Waals surface area contributed by atoms with Crippen LogP contribution in [0.15, 0.2) is 58.3 Å². The lowest BCUT2D eigenvalue weighted by molar-refractivity contribution is 1.19. The van der Waals surface area contributed by atoms with Crippen LogP contribution in [0, 0.1) is 6.92 Å². The van der Waals surface area contributed by atoms with Crippen LogP contribution in [-0.4, -0.2) is 8.07 Å². The molecule has 0 aromatic heterocycles. The van der Waals surface area contributed by atoms with Gasteiger partial charge in [-0.15, -0.1) is 0 Å². The van der Waals surface area contributed by atoms with Gasteiger partial charge in [-0.25, -0.2) is 0 Å². The highest BCUT2D eigenvalue weighted by Crippen LogP contribution is 2.29. The minimum absolute atomic E-state index is 1.26. The minimum Gasteiger partial charge on any atom is -0.0901 e. The molecule has 0 heterocycles. The third kappa shape index (κ3) is 3.81. The van der Waals surface area contributed by atoms with E-state index in [9.17, 15) is 0 Å². The lowest BCUT2D eigenvalue weighted by Gasteiger charge is -2.29. The summed E-state index contributed by atoms with van der Waals surface area (Å²) >= 11 is 1.88. The highest BCUT2D eigenvalue weighted by molar-refractivity contribution is 7.99. The summed E-state index contributed by atoms with van der Waals surface area (Å²) < 4.78 is 0. The number of hydrogen-bond donors (Lipinski definition) is 0. The van der Waals surface area contributed by atoms with Crippen LogP contribution in [0.5, 0.6) is 0 Å². The maximum Gasteiger partial charge on any atom is 0.0859 e. The SMILES string of the molecule is CC[Si](CC)(CC)c1cccc(Sc2ccc(C)cc2)c1. The highest BCUT2D eigenvalue weighted by atomic mass is 32.2. The molecule has 0 fully saturated rings. The molecule has 21 heavy (non-hydrogen) atoms. The molecule has 2 rings (SSSR count). The minimum atomic E-state index is -1.26. The van der Waals surface area contributed by atoms with Crippen LogP contribution in [0.3, 0.4) is 0 Å². The second kappa shape index (κ2) is 7.32. The standard InChI is InChI=1S/C19H26SSi/c1-5-21(6-2,7-3)19-10-8-9-18(15-19)20-17-13-11-16(4)12-14-17/h8-15H,5-7H2,1-4H3. The van der Waals surface area contributed by atoms with E-state index in [2.05, 4.69) is 76.2 Å². The molecule has 2 aromatic rings. The largest absolute Gasteiger partial charge is 0.0901 e. The molecule has 2 heteroatoms. The second-order valence-corrected chi connectivity index (χ2v) is 12.2. The first-order valence-electron chi connectivity index (χ1n) is 7.98. The first kappa shape index (κ1) is 16.4. The third-order valence-electron chi connectivity index (χ3n) is 4.73. The van der Waals surface area contributed by atoms with E-state index in [1.807, 2.05) is 11.8 Å². The van der Waals surface area contributed by atoms with Crippen molar-refractivity contribution in [1.82, 2.24) is 0 Å². The Morgan fingerprint density at radius 1 is 0.810 bits per heavy atom.